The number of nitrogens with one attached hydrogen (secondary N) is 1. The third kappa shape index (κ3) is 19.8. The van der Waals surface area contributed by atoms with Crippen molar-refractivity contribution in [2.24, 2.45) is 5.92 Å². The molecule has 0 saturated heterocycles. The van der Waals surface area contributed by atoms with Gasteiger partial charge < -0.3 is 10.4 Å². The first kappa shape index (κ1) is 27.7. The Morgan fingerprint density at radius 2 is 1.28 bits per heavy atom. The highest BCUT2D eigenvalue weighted by Gasteiger charge is 2.20. The smallest absolute Gasteiger partial charge is 0.326 e. The fraction of sp³-hybridized carbons (Fsp3) is 0.840. The van der Waals surface area contributed by atoms with Crippen molar-refractivity contribution in [2.75, 3.05) is 0 Å². The van der Waals surface area contributed by atoms with Crippen molar-refractivity contribution < 1.29 is 14.7 Å². The molecule has 4 heteroatoms. The molecule has 0 fully saturated rings. The normalized spacial score (nSPS) is 12.6. The van der Waals surface area contributed by atoms with Crippen LogP contribution in [0.4, 0.5) is 0 Å². The number of amides is 1. The van der Waals surface area contributed by atoms with Gasteiger partial charge in [-0.2, -0.15) is 0 Å². The lowest BCUT2D eigenvalue weighted by Crippen LogP contribution is -2.41. The zero-order chi connectivity index (χ0) is 21.7. The van der Waals surface area contributed by atoms with Gasteiger partial charge in [0, 0.05) is 6.42 Å². The maximum absolute atomic E-state index is 11.9. The minimum absolute atomic E-state index is 0.133. The second kappa shape index (κ2) is 20.0. The summed E-state index contributed by atoms with van der Waals surface area (Å²) in [6.45, 7) is 6.19. The van der Waals surface area contributed by atoms with Gasteiger partial charge in [-0.15, -0.1) is 0 Å². The van der Waals surface area contributed by atoms with Crippen molar-refractivity contribution in [3.8, 4) is 0 Å². The molecule has 0 radical (unpaired) electrons. The Hall–Kier alpha value is -1.32. The van der Waals surface area contributed by atoms with E-state index >= 15 is 0 Å². The molecule has 0 rings (SSSR count). The molecule has 170 valence electrons. The molecule has 0 aliphatic rings. The highest BCUT2D eigenvalue weighted by molar-refractivity contribution is 5.83. The third-order valence-electron chi connectivity index (χ3n) is 5.26. The van der Waals surface area contributed by atoms with Crippen LogP contribution >= 0.6 is 0 Å². The van der Waals surface area contributed by atoms with Gasteiger partial charge in [-0.3, -0.25) is 4.79 Å². The number of carbonyl (C=O) groups excluding carboxylic acids is 1. The maximum Gasteiger partial charge on any atom is 0.326 e. The van der Waals surface area contributed by atoms with E-state index in [1.54, 1.807) is 0 Å². The monoisotopic (exact) mass is 409 g/mol. The Balaban J connectivity index is 3.47. The summed E-state index contributed by atoms with van der Waals surface area (Å²) >= 11 is 0. The van der Waals surface area contributed by atoms with Gasteiger partial charge in [0.05, 0.1) is 0 Å². The molecule has 1 amide bonds. The van der Waals surface area contributed by atoms with Crippen molar-refractivity contribution in [3.63, 3.8) is 0 Å². The fourth-order valence-electron chi connectivity index (χ4n) is 3.49. The Labute approximate surface area is 179 Å². The van der Waals surface area contributed by atoms with Crippen molar-refractivity contribution in [1.82, 2.24) is 5.32 Å². The first-order chi connectivity index (χ1) is 14.0. The molecule has 0 spiro atoms. The number of allylic oxidation sites excluding steroid dienone is 2. The molecule has 4 nitrogen and oxygen atoms in total. The maximum atomic E-state index is 11.9. The topological polar surface area (TPSA) is 66.4 Å². The summed E-state index contributed by atoms with van der Waals surface area (Å²) in [5, 5.41) is 11.8. The van der Waals surface area contributed by atoms with Gasteiger partial charge >= 0.3 is 5.97 Å². The molecule has 0 unspecified atom stereocenters. The van der Waals surface area contributed by atoms with E-state index in [9.17, 15) is 9.59 Å². The minimum atomic E-state index is -0.938. The Bertz CT molecular complexity index is 432. The molecule has 0 bridgehead atoms. The summed E-state index contributed by atoms with van der Waals surface area (Å²) in [7, 11) is 0. The molecule has 0 aromatic rings. The van der Waals surface area contributed by atoms with E-state index in [0.29, 0.717) is 12.8 Å². The number of carbonyl (C=O) groups is 2. The second-order valence-corrected chi connectivity index (χ2v) is 8.78. The average molecular weight is 410 g/mol. The van der Waals surface area contributed by atoms with Gasteiger partial charge in [0.1, 0.15) is 6.04 Å². The van der Waals surface area contributed by atoms with E-state index < -0.39 is 12.0 Å². The van der Waals surface area contributed by atoms with Crippen molar-refractivity contribution in [2.45, 2.75) is 130 Å². The zero-order valence-electron chi connectivity index (χ0n) is 19.4. The molecule has 0 aliphatic heterocycles. The number of unbranched alkanes of at least 4 members (excludes halogenated alkanes) is 12. The van der Waals surface area contributed by atoms with E-state index in [-0.39, 0.29) is 11.8 Å². The van der Waals surface area contributed by atoms with Crippen LogP contribution in [0.25, 0.3) is 0 Å². The Morgan fingerprint density at radius 3 is 1.76 bits per heavy atom. The van der Waals surface area contributed by atoms with Gasteiger partial charge in [0.15, 0.2) is 0 Å². The lowest BCUT2D eigenvalue weighted by Gasteiger charge is -2.16. The van der Waals surface area contributed by atoms with Crippen molar-refractivity contribution >= 4 is 11.9 Å². The van der Waals surface area contributed by atoms with Crippen LogP contribution in [0.3, 0.4) is 0 Å². The third-order valence-corrected chi connectivity index (χ3v) is 5.26. The molecule has 0 aromatic carbocycles. The lowest BCUT2D eigenvalue weighted by molar-refractivity contribution is -0.142. The van der Waals surface area contributed by atoms with Crippen LogP contribution in [0, 0.1) is 5.92 Å². The van der Waals surface area contributed by atoms with Crippen LogP contribution in [-0.4, -0.2) is 23.0 Å². The van der Waals surface area contributed by atoms with Crippen LogP contribution in [-0.2, 0) is 9.59 Å². The van der Waals surface area contributed by atoms with E-state index in [0.717, 1.165) is 25.7 Å². The predicted molar refractivity (Wildman–Crippen MR) is 123 cm³/mol. The molecule has 1 atom stereocenters. The van der Waals surface area contributed by atoms with Gasteiger partial charge in [0.2, 0.25) is 5.91 Å². The molecule has 29 heavy (non-hydrogen) atoms. The number of aliphatic carboxylic acids is 1. The summed E-state index contributed by atoms with van der Waals surface area (Å²) in [4.78, 5) is 23.1. The quantitative estimate of drug-likeness (QED) is 0.167. The number of carboxylic acids is 1. The second-order valence-electron chi connectivity index (χ2n) is 8.78. The standard InChI is InChI=1S/C25H47NO3/c1-4-5-6-7-8-9-10-11-12-13-14-15-16-17-18-19-20-24(27)26-23(25(28)29)21-22(2)3/h12-13,22-23H,4-11,14-21H2,1-3H3,(H,26,27)(H,28,29)/b13-12-/t23-/m0/s1. The predicted octanol–water partition coefficient (Wildman–Crippen LogP) is 7.03. The first-order valence-corrected chi connectivity index (χ1v) is 12.1. The van der Waals surface area contributed by atoms with Crippen LogP contribution in [0.2, 0.25) is 0 Å². The van der Waals surface area contributed by atoms with E-state index in [1.807, 2.05) is 13.8 Å². The van der Waals surface area contributed by atoms with Crippen LogP contribution in [0.5, 0.6) is 0 Å². The number of rotatable bonds is 20. The number of hydrogen-bond donors (Lipinski definition) is 2. The Kier molecular flexibility index (Phi) is 19.1. The minimum Gasteiger partial charge on any atom is -0.480 e. The molecule has 0 aliphatic carbocycles. The summed E-state index contributed by atoms with van der Waals surface area (Å²) in [6.07, 6.45) is 23.0. The van der Waals surface area contributed by atoms with Crippen LogP contribution < -0.4 is 5.32 Å². The summed E-state index contributed by atoms with van der Waals surface area (Å²) in [5.41, 5.74) is 0. The van der Waals surface area contributed by atoms with E-state index in [1.165, 1.54) is 64.2 Å². The Morgan fingerprint density at radius 1 is 0.793 bits per heavy atom. The first-order valence-electron chi connectivity index (χ1n) is 12.1. The summed E-state index contributed by atoms with van der Waals surface area (Å²) in [5.74, 6) is -0.820. The van der Waals surface area contributed by atoms with Crippen molar-refractivity contribution in [3.05, 3.63) is 12.2 Å². The van der Waals surface area contributed by atoms with Gasteiger partial charge in [-0.05, 0) is 44.4 Å². The molecule has 0 saturated carbocycles. The van der Waals surface area contributed by atoms with E-state index in [2.05, 4.69) is 24.4 Å². The van der Waals surface area contributed by atoms with Gasteiger partial charge in [0.25, 0.3) is 0 Å². The SMILES string of the molecule is CCCCCCCCC/C=C\CCCCCCCC(=O)N[C@@H](CC(C)C)C(=O)O. The number of carboxylic acid groups (broad SMARTS) is 1. The molecular formula is C25H47NO3. The van der Waals surface area contributed by atoms with Gasteiger partial charge in [-0.1, -0.05) is 90.7 Å². The summed E-state index contributed by atoms with van der Waals surface area (Å²) in [6, 6.07) is -0.754. The molecular weight excluding hydrogens is 362 g/mol. The average Bonchev–Trinajstić information content (AvgIpc) is 2.66. The van der Waals surface area contributed by atoms with Crippen molar-refractivity contribution in [1.29, 1.82) is 0 Å². The fourth-order valence-corrected chi connectivity index (χ4v) is 3.49. The molecule has 0 aromatic heterocycles. The zero-order valence-corrected chi connectivity index (χ0v) is 19.4. The van der Waals surface area contributed by atoms with Crippen LogP contribution in [0.15, 0.2) is 12.2 Å². The van der Waals surface area contributed by atoms with E-state index in [4.69, 9.17) is 5.11 Å². The largest absolute Gasteiger partial charge is 0.480 e. The highest BCUT2D eigenvalue weighted by Crippen LogP contribution is 2.11. The molecule has 2 N–H and O–H groups in total. The van der Waals surface area contributed by atoms with Gasteiger partial charge in [-0.25, -0.2) is 4.79 Å². The highest BCUT2D eigenvalue weighted by atomic mass is 16.4. The number of hydrogen-bond acceptors (Lipinski definition) is 2. The molecule has 0 heterocycles. The summed E-state index contributed by atoms with van der Waals surface area (Å²) < 4.78 is 0. The van der Waals surface area contributed by atoms with Crippen LogP contribution in [0.1, 0.15) is 124 Å². The lowest BCUT2D eigenvalue weighted by atomic mass is 10.0.